The number of nitrogens with zero attached hydrogens (tertiary/aromatic N) is 2. The number of ether oxygens (including phenoxy) is 10. The first kappa shape index (κ1) is 66.2. The molecule has 7 heterocycles. The van der Waals surface area contributed by atoms with E-state index in [2.05, 4.69) is 33.8 Å². The van der Waals surface area contributed by atoms with E-state index in [4.69, 9.17) is 57.3 Å². The van der Waals surface area contributed by atoms with Crippen LogP contribution >= 0.6 is 0 Å². The fourth-order valence-electron chi connectivity index (χ4n) is 10.9. The minimum absolute atomic E-state index is 0.00532. The van der Waals surface area contributed by atoms with Crippen LogP contribution in [0.4, 0.5) is 0 Å². The van der Waals surface area contributed by atoms with E-state index in [9.17, 15) is 47.9 Å². The minimum Gasteiger partial charge on any atom is -0.463 e. The second kappa shape index (κ2) is 28.5. The lowest BCUT2D eigenvalue weighted by molar-refractivity contribution is -0.271. The van der Waals surface area contributed by atoms with Gasteiger partial charge in [0.15, 0.2) is 24.4 Å². The number of allylic oxidation sites excluding steroid dienone is 4. The molecule has 2 fully saturated rings. The number of rotatable bonds is 20. The minimum atomic E-state index is -1.64. The zero-order chi connectivity index (χ0) is 64.6. The van der Waals surface area contributed by atoms with E-state index < -0.39 is 134 Å². The van der Waals surface area contributed by atoms with E-state index in [0.29, 0.717) is 56.1 Å². The number of nitrogens with one attached hydrogen (secondary N) is 4. The van der Waals surface area contributed by atoms with Gasteiger partial charge in [0, 0.05) is 101 Å². The van der Waals surface area contributed by atoms with Gasteiger partial charge in [0.1, 0.15) is 37.5 Å². The maximum atomic E-state index is 14.4. The molecule has 26 nitrogen and oxygen atoms in total. The Morgan fingerprint density at radius 2 is 0.807 bits per heavy atom. The molecular formula is C62H72N6O20. The van der Waals surface area contributed by atoms with Crippen molar-refractivity contribution in [1.29, 1.82) is 0 Å². The maximum absolute atomic E-state index is 14.4. The number of aromatic nitrogens is 4. The van der Waals surface area contributed by atoms with Gasteiger partial charge in [-0.1, -0.05) is 25.3 Å². The van der Waals surface area contributed by atoms with Crippen LogP contribution in [-0.4, -0.2) is 154 Å². The summed E-state index contributed by atoms with van der Waals surface area (Å²) < 4.78 is 55.8. The van der Waals surface area contributed by atoms with Crippen molar-refractivity contribution in [1.82, 2.24) is 30.6 Å². The van der Waals surface area contributed by atoms with Crippen LogP contribution < -0.4 is 10.6 Å². The molecule has 4 aliphatic heterocycles. The summed E-state index contributed by atoms with van der Waals surface area (Å²) >= 11 is 0. The molecule has 8 bridgehead atoms. The smallest absolute Gasteiger partial charge is 0.305 e. The molecule has 10 atom stereocenters. The van der Waals surface area contributed by atoms with E-state index in [0.717, 1.165) is 88.7 Å². The molecule has 4 N–H and O–H groups in total. The van der Waals surface area contributed by atoms with Gasteiger partial charge < -0.3 is 68.0 Å². The van der Waals surface area contributed by atoms with Gasteiger partial charge in [-0.15, -0.1) is 0 Å². The number of H-pyrrole nitrogens is 2. The molecule has 470 valence electrons. The van der Waals surface area contributed by atoms with Gasteiger partial charge in [0.25, 0.3) is 0 Å². The van der Waals surface area contributed by atoms with Gasteiger partial charge in [0.05, 0.1) is 22.8 Å². The molecule has 2 saturated heterocycles. The summed E-state index contributed by atoms with van der Waals surface area (Å²) in [6, 6.07) is 4.51. The van der Waals surface area contributed by atoms with Gasteiger partial charge >= 0.3 is 47.8 Å². The molecule has 3 aromatic rings. The topological polar surface area (TPSA) is 344 Å². The zero-order valence-corrected chi connectivity index (χ0v) is 51.0. The van der Waals surface area contributed by atoms with Crippen LogP contribution in [0.5, 0.6) is 0 Å². The number of fused-ring (bicyclic) bond motifs is 8. The van der Waals surface area contributed by atoms with Crippen LogP contribution in [-0.2, 0) is 95.3 Å². The molecule has 0 unspecified atom stereocenters. The third-order valence-electron chi connectivity index (χ3n) is 14.9. The summed E-state index contributed by atoms with van der Waals surface area (Å²) in [5.41, 5.74) is 10.6. The van der Waals surface area contributed by atoms with Gasteiger partial charge in [0.2, 0.25) is 24.4 Å². The summed E-state index contributed by atoms with van der Waals surface area (Å²) in [6.45, 7) is 23.6. The predicted octanol–water partition coefficient (Wildman–Crippen LogP) is 6.04. The Kier molecular flexibility index (Phi) is 21.4. The lowest BCUT2D eigenvalue weighted by Gasteiger charge is -2.44. The maximum Gasteiger partial charge on any atom is 0.305 e. The average Bonchev–Trinajstić information content (AvgIpc) is 1.33. The highest BCUT2D eigenvalue weighted by Crippen LogP contribution is 2.39. The summed E-state index contributed by atoms with van der Waals surface area (Å²) in [4.78, 5) is 145. The Morgan fingerprint density at radius 1 is 0.466 bits per heavy atom. The number of aromatic amines is 2. The third kappa shape index (κ3) is 15.8. The number of hydrogen-bond donors (Lipinski definition) is 4. The van der Waals surface area contributed by atoms with Crippen molar-refractivity contribution in [3.05, 3.63) is 82.5 Å². The summed E-state index contributed by atoms with van der Waals surface area (Å²) in [5, 5.41) is 5.55. The van der Waals surface area contributed by atoms with Crippen LogP contribution in [0.1, 0.15) is 140 Å². The second-order valence-electron chi connectivity index (χ2n) is 21.3. The fraction of sp³-hybridized carbons (Fsp3) is 0.452. The van der Waals surface area contributed by atoms with Crippen molar-refractivity contribution in [2.24, 2.45) is 0 Å². The van der Waals surface area contributed by atoms with Crippen molar-refractivity contribution in [2.75, 3.05) is 13.2 Å². The summed E-state index contributed by atoms with van der Waals surface area (Å²) in [5.74, 6) is -7.80. The SMILES string of the molecule is C=Cc1c(C)c2cc3[nH]c(cc4nc(cc5nc(cc1[nH]2)C(C)=C5CCC(=O)N[C@H]1[C@H](OC(C)=O)O[C@H](COC(C)=O)[C@@H](OC(C)=O)[C@@H]1OC(C)=O)C(CCC(=O)N[C@H]1[C@H](OC(C)=O)O[C@H](COC(C)=O)[C@@H](OC(C)=O)[C@@H]1OC(C)=O)=C4C)c(C)c3C=C. The number of hydrogen-bond acceptors (Lipinski definition) is 22. The Morgan fingerprint density at radius 3 is 1.16 bits per heavy atom. The second-order valence-corrected chi connectivity index (χ2v) is 21.3. The van der Waals surface area contributed by atoms with Crippen LogP contribution in [0.2, 0.25) is 0 Å². The van der Waals surface area contributed by atoms with E-state index in [1.807, 2.05) is 45.9 Å². The summed E-state index contributed by atoms with van der Waals surface area (Å²) in [7, 11) is 0. The van der Waals surface area contributed by atoms with Gasteiger partial charge in [-0.05, 0) is 98.2 Å². The number of esters is 8. The van der Waals surface area contributed by atoms with Crippen molar-refractivity contribution < 1.29 is 95.3 Å². The Balaban J connectivity index is 1.31. The van der Waals surface area contributed by atoms with E-state index in [-0.39, 0.29) is 25.7 Å². The van der Waals surface area contributed by atoms with Gasteiger partial charge in [-0.25, -0.2) is 9.97 Å². The Hall–Kier alpha value is -9.30. The summed E-state index contributed by atoms with van der Waals surface area (Å²) in [6.07, 6.45) is -8.93. The largest absolute Gasteiger partial charge is 0.463 e. The molecule has 0 aliphatic carbocycles. The molecule has 2 amide bonds. The molecular weight excluding hydrogens is 1150 g/mol. The highest BCUT2D eigenvalue weighted by molar-refractivity contribution is 5.98. The molecule has 4 aliphatic rings. The van der Waals surface area contributed by atoms with E-state index >= 15 is 0 Å². The van der Waals surface area contributed by atoms with E-state index in [1.54, 1.807) is 18.2 Å². The van der Waals surface area contributed by atoms with Crippen LogP contribution in [0.25, 0.3) is 56.5 Å². The first-order valence-corrected chi connectivity index (χ1v) is 28.2. The highest BCUT2D eigenvalue weighted by Gasteiger charge is 2.54. The standard InChI is InChI=1S/C62H72N6O20/c1-15-39-27(3)43-21-44-29(5)41(17-19-53(77)67-55-59(83-35(11)73)57(81-33(9)71)51(25-79-31(7)69)87-61(55)85-37(13)75)49(65-44)24-50-42(30(6)46(66-50)23-48-40(16-2)28(4)45(64-48)22-47(39)63-43)18-20-54(78)68-56-60(84-36(12)74)58(82-34(10)72)52(26-80-32(8)70)88-62(56)86-38(14)76/h15-16,21-24,51-52,55-64H,1-2,17-20,25-26H2,3-14H3,(H,67,77)(H,68,78)/t51-,52-,55-,56-,57-,58-,59-,60-,61-,62-/m1/s1. The van der Waals surface area contributed by atoms with Crippen LogP contribution in [0.15, 0.2) is 37.4 Å². The Bertz CT molecular complexity index is 3590. The first-order valence-electron chi connectivity index (χ1n) is 28.2. The van der Waals surface area contributed by atoms with Gasteiger partial charge in [-0.2, -0.15) is 0 Å². The highest BCUT2D eigenvalue weighted by atomic mass is 16.7. The third-order valence-corrected chi connectivity index (χ3v) is 14.9. The number of aryl methyl sites for hydroxylation is 2. The number of carbonyl (C=O) groups is 10. The molecule has 7 rings (SSSR count). The molecule has 3 aromatic heterocycles. The van der Waals surface area contributed by atoms with Crippen LogP contribution in [0, 0.1) is 13.8 Å². The average molecular weight is 1220 g/mol. The van der Waals surface area contributed by atoms with Crippen molar-refractivity contribution in [3.8, 4) is 0 Å². The Labute approximate surface area is 506 Å². The van der Waals surface area contributed by atoms with Crippen LogP contribution in [0.3, 0.4) is 0 Å². The van der Waals surface area contributed by atoms with Crippen molar-refractivity contribution in [3.63, 3.8) is 0 Å². The van der Waals surface area contributed by atoms with Crippen molar-refractivity contribution in [2.45, 2.75) is 170 Å². The zero-order valence-electron chi connectivity index (χ0n) is 51.0. The number of carbonyl (C=O) groups excluding carboxylic acids is 10. The molecule has 88 heavy (non-hydrogen) atoms. The molecule has 0 saturated carbocycles. The number of amides is 2. The monoisotopic (exact) mass is 1220 g/mol. The molecule has 0 radical (unpaired) electrons. The lowest BCUT2D eigenvalue weighted by atomic mass is 9.95. The predicted molar refractivity (Wildman–Crippen MR) is 314 cm³/mol. The van der Waals surface area contributed by atoms with E-state index in [1.165, 1.54) is 0 Å². The molecule has 0 aromatic carbocycles. The fourth-order valence-corrected chi connectivity index (χ4v) is 10.9. The quantitative estimate of drug-likeness (QED) is 0.0740. The van der Waals surface area contributed by atoms with Crippen molar-refractivity contribution >= 4 is 116 Å². The molecule has 0 spiro atoms. The lowest BCUT2D eigenvalue weighted by Crippen LogP contribution is -2.67. The van der Waals surface area contributed by atoms with Gasteiger partial charge in [-0.3, -0.25) is 47.9 Å². The first-order chi connectivity index (χ1) is 41.6. The molecule has 26 heteroatoms. The normalized spacial score (nSPS) is 22.3.